The van der Waals surface area contributed by atoms with Crippen molar-refractivity contribution in [1.29, 1.82) is 0 Å². The van der Waals surface area contributed by atoms with Gasteiger partial charge in [0.1, 0.15) is 18.8 Å². The SMILES string of the molecule is CCCNc1nc(OC(C)COC)nc(-n2cncn2)n1. The highest BCUT2D eigenvalue weighted by molar-refractivity contribution is 5.29. The Bertz CT molecular complexity index is 547. The predicted octanol–water partition coefficient (Wildman–Crippen LogP) is 0.688. The Kier molecular flexibility index (Phi) is 5.38. The molecule has 0 spiro atoms. The lowest BCUT2D eigenvalue weighted by atomic mass is 10.4. The van der Waals surface area contributed by atoms with Gasteiger partial charge in [0.2, 0.25) is 5.95 Å². The second-order valence-electron chi connectivity index (χ2n) is 4.39. The molecule has 2 heterocycles. The topological polar surface area (TPSA) is 99.9 Å². The van der Waals surface area contributed by atoms with E-state index in [1.165, 1.54) is 17.3 Å². The molecule has 0 bridgehead atoms. The van der Waals surface area contributed by atoms with Crippen molar-refractivity contribution < 1.29 is 9.47 Å². The number of nitrogens with zero attached hydrogens (tertiary/aromatic N) is 6. The van der Waals surface area contributed by atoms with E-state index >= 15 is 0 Å². The third-order valence-electron chi connectivity index (χ3n) is 2.47. The highest BCUT2D eigenvalue weighted by atomic mass is 16.5. The third kappa shape index (κ3) is 4.35. The Balaban J connectivity index is 2.24. The molecule has 0 fully saturated rings. The molecule has 21 heavy (non-hydrogen) atoms. The summed E-state index contributed by atoms with van der Waals surface area (Å²) in [5, 5.41) is 7.12. The van der Waals surface area contributed by atoms with Gasteiger partial charge in [0.25, 0.3) is 5.95 Å². The second-order valence-corrected chi connectivity index (χ2v) is 4.39. The van der Waals surface area contributed by atoms with Crippen molar-refractivity contribution in [3.8, 4) is 12.0 Å². The predicted molar refractivity (Wildman–Crippen MR) is 75.5 cm³/mol. The molecular weight excluding hydrogens is 274 g/mol. The molecule has 1 N–H and O–H groups in total. The maximum atomic E-state index is 5.63. The van der Waals surface area contributed by atoms with E-state index in [0.29, 0.717) is 18.5 Å². The third-order valence-corrected chi connectivity index (χ3v) is 2.47. The highest BCUT2D eigenvalue weighted by Crippen LogP contribution is 2.12. The van der Waals surface area contributed by atoms with Gasteiger partial charge in [-0.1, -0.05) is 6.92 Å². The molecule has 0 saturated carbocycles. The lowest BCUT2D eigenvalue weighted by molar-refractivity contribution is 0.0854. The number of hydrogen-bond acceptors (Lipinski definition) is 8. The van der Waals surface area contributed by atoms with E-state index in [1.54, 1.807) is 7.11 Å². The molecule has 0 aromatic carbocycles. The van der Waals surface area contributed by atoms with Gasteiger partial charge in [0, 0.05) is 13.7 Å². The molecule has 9 nitrogen and oxygen atoms in total. The van der Waals surface area contributed by atoms with E-state index in [4.69, 9.17) is 9.47 Å². The maximum Gasteiger partial charge on any atom is 0.323 e. The quantitative estimate of drug-likeness (QED) is 0.758. The summed E-state index contributed by atoms with van der Waals surface area (Å²) in [6.07, 6.45) is 3.72. The van der Waals surface area contributed by atoms with Crippen LogP contribution in [0.1, 0.15) is 20.3 Å². The van der Waals surface area contributed by atoms with Gasteiger partial charge in [0.05, 0.1) is 6.61 Å². The summed E-state index contributed by atoms with van der Waals surface area (Å²) >= 11 is 0. The van der Waals surface area contributed by atoms with Crippen LogP contribution in [0.4, 0.5) is 5.95 Å². The molecule has 9 heteroatoms. The minimum Gasteiger partial charge on any atom is -0.458 e. The maximum absolute atomic E-state index is 5.63. The summed E-state index contributed by atoms with van der Waals surface area (Å²) in [6, 6.07) is 0.221. The molecule has 0 saturated heterocycles. The van der Waals surface area contributed by atoms with Crippen LogP contribution in [0.5, 0.6) is 6.01 Å². The van der Waals surface area contributed by atoms with Crippen molar-refractivity contribution in [2.24, 2.45) is 0 Å². The number of methoxy groups -OCH3 is 1. The lowest BCUT2D eigenvalue weighted by Gasteiger charge is -2.13. The van der Waals surface area contributed by atoms with Gasteiger partial charge >= 0.3 is 6.01 Å². The molecule has 114 valence electrons. The van der Waals surface area contributed by atoms with Crippen LogP contribution in [-0.4, -0.2) is 56.1 Å². The summed E-state index contributed by atoms with van der Waals surface area (Å²) in [4.78, 5) is 16.6. The van der Waals surface area contributed by atoms with Gasteiger partial charge < -0.3 is 14.8 Å². The highest BCUT2D eigenvalue weighted by Gasteiger charge is 2.12. The number of rotatable bonds is 8. The first-order valence-electron chi connectivity index (χ1n) is 6.73. The standard InChI is InChI=1S/C12H19N7O2/c1-4-5-14-10-16-11(19-8-13-7-15-19)18-12(17-10)21-9(2)6-20-3/h7-9H,4-6H2,1-3H3,(H,14,16,17,18). The van der Waals surface area contributed by atoms with Gasteiger partial charge in [-0.15, -0.1) is 0 Å². The van der Waals surface area contributed by atoms with Crippen LogP contribution in [0.15, 0.2) is 12.7 Å². The van der Waals surface area contributed by atoms with Crippen LogP contribution < -0.4 is 10.1 Å². The molecule has 0 amide bonds. The largest absolute Gasteiger partial charge is 0.458 e. The minimum absolute atomic E-state index is 0.167. The first-order valence-corrected chi connectivity index (χ1v) is 6.73. The number of anilines is 1. The van der Waals surface area contributed by atoms with Crippen molar-refractivity contribution >= 4 is 5.95 Å². The summed E-state index contributed by atoms with van der Waals surface area (Å²) in [5.41, 5.74) is 0. The zero-order valence-corrected chi connectivity index (χ0v) is 12.4. The van der Waals surface area contributed by atoms with E-state index < -0.39 is 0 Å². The van der Waals surface area contributed by atoms with E-state index in [-0.39, 0.29) is 12.1 Å². The molecule has 2 aromatic rings. The van der Waals surface area contributed by atoms with E-state index in [2.05, 4.69) is 37.3 Å². The van der Waals surface area contributed by atoms with Crippen LogP contribution >= 0.6 is 0 Å². The number of aromatic nitrogens is 6. The summed E-state index contributed by atoms with van der Waals surface area (Å²) in [5.74, 6) is 0.790. The first-order chi connectivity index (χ1) is 10.2. The molecule has 0 aliphatic rings. The van der Waals surface area contributed by atoms with Gasteiger partial charge in [0.15, 0.2) is 0 Å². The van der Waals surface area contributed by atoms with Crippen molar-refractivity contribution in [1.82, 2.24) is 29.7 Å². The van der Waals surface area contributed by atoms with Crippen LogP contribution in [-0.2, 0) is 4.74 Å². The molecule has 0 aliphatic heterocycles. The molecule has 2 rings (SSSR count). The molecular formula is C12H19N7O2. The monoisotopic (exact) mass is 293 g/mol. The van der Waals surface area contributed by atoms with Gasteiger partial charge in [-0.3, -0.25) is 0 Å². The summed E-state index contributed by atoms with van der Waals surface area (Å²) < 4.78 is 12.1. The average molecular weight is 293 g/mol. The second kappa shape index (κ2) is 7.48. The Morgan fingerprint density at radius 3 is 2.86 bits per heavy atom. The normalized spacial score (nSPS) is 12.1. The summed E-state index contributed by atoms with van der Waals surface area (Å²) in [7, 11) is 1.61. The van der Waals surface area contributed by atoms with Crippen molar-refractivity contribution in [2.75, 3.05) is 25.6 Å². The van der Waals surface area contributed by atoms with Crippen molar-refractivity contribution in [2.45, 2.75) is 26.4 Å². The molecule has 1 atom stereocenters. The van der Waals surface area contributed by atoms with Gasteiger partial charge in [-0.05, 0) is 13.3 Å². The number of ether oxygens (including phenoxy) is 2. The molecule has 2 aromatic heterocycles. The fourth-order valence-corrected chi connectivity index (χ4v) is 1.58. The summed E-state index contributed by atoms with van der Waals surface area (Å²) in [6.45, 7) is 5.14. The van der Waals surface area contributed by atoms with E-state index in [0.717, 1.165) is 13.0 Å². The molecule has 0 radical (unpaired) electrons. The van der Waals surface area contributed by atoms with Crippen molar-refractivity contribution in [3.63, 3.8) is 0 Å². The van der Waals surface area contributed by atoms with E-state index in [1.807, 2.05) is 6.92 Å². The Morgan fingerprint density at radius 1 is 1.33 bits per heavy atom. The van der Waals surface area contributed by atoms with Gasteiger partial charge in [-0.2, -0.15) is 24.7 Å². The van der Waals surface area contributed by atoms with Crippen LogP contribution in [0, 0.1) is 0 Å². The fraction of sp³-hybridized carbons (Fsp3) is 0.583. The minimum atomic E-state index is -0.167. The molecule has 1 unspecified atom stereocenters. The Labute approximate surface area is 122 Å². The lowest BCUT2D eigenvalue weighted by Crippen LogP contribution is -2.20. The zero-order valence-electron chi connectivity index (χ0n) is 12.4. The van der Waals surface area contributed by atoms with Crippen LogP contribution in [0.3, 0.4) is 0 Å². The first kappa shape index (κ1) is 15.1. The molecule has 0 aliphatic carbocycles. The smallest absolute Gasteiger partial charge is 0.323 e. The average Bonchev–Trinajstić information content (AvgIpc) is 2.99. The zero-order chi connectivity index (χ0) is 15.1. The van der Waals surface area contributed by atoms with Crippen LogP contribution in [0.25, 0.3) is 5.95 Å². The Morgan fingerprint density at radius 2 is 2.19 bits per heavy atom. The Hall–Kier alpha value is -2.29. The van der Waals surface area contributed by atoms with Crippen LogP contribution in [0.2, 0.25) is 0 Å². The number of nitrogens with one attached hydrogen (secondary N) is 1. The van der Waals surface area contributed by atoms with Crippen molar-refractivity contribution in [3.05, 3.63) is 12.7 Å². The fourth-order valence-electron chi connectivity index (χ4n) is 1.58. The van der Waals surface area contributed by atoms with E-state index in [9.17, 15) is 0 Å². The number of hydrogen-bond donors (Lipinski definition) is 1. The van der Waals surface area contributed by atoms with Gasteiger partial charge in [-0.25, -0.2) is 4.98 Å².